The van der Waals surface area contributed by atoms with E-state index in [1.54, 1.807) is 0 Å². The fourth-order valence-electron chi connectivity index (χ4n) is 5.30. The van der Waals surface area contributed by atoms with E-state index in [2.05, 4.69) is 28.1 Å². The Balaban J connectivity index is 0.00000462. The molecule has 4 rings (SSSR count). The maximum absolute atomic E-state index is 12.2. The number of ether oxygens (including phenoxy) is 1. The van der Waals surface area contributed by atoms with Crippen molar-refractivity contribution in [2.24, 2.45) is 11.1 Å². The topological polar surface area (TPSA) is 156 Å². The zero-order valence-corrected chi connectivity index (χ0v) is 25.2. The summed E-state index contributed by atoms with van der Waals surface area (Å²) in [5.74, 6) is 1.26. The van der Waals surface area contributed by atoms with Crippen LogP contribution in [-0.2, 0) is 29.1 Å². The molecule has 41 heavy (non-hydrogen) atoms. The number of hydrogen-bond acceptors (Lipinski definition) is 9. The number of imidazole rings is 1. The Bertz CT molecular complexity index is 1290. The van der Waals surface area contributed by atoms with Gasteiger partial charge in [-0.3, -0.25) is 9.69 Å². The van der Waals surface area contributed by atoms with Crippen molar-refractivity contribution in [2.75, 3.05) is 64.8 Å². The molecule has 1 amide bonds. The van der Waals surface area contributed by atoms with Gasteiger partial charge in [0.2, 0.25) is 5.91 Å². The number of halogens is 1. The van der Waals surface area contributed by atoms with Gasteiger partial charge in [-0.25, -0.2) is 9.97 Å². The summed E-state index contributed by atoms with van der Waals surface area (Å²) in [6.45, 7) is 9.54. The molecule has 2 aromatic heterocycles. The highest BCUT2D eigenvalue weighted by Crippen LogP contribution is 2.32. The second kappa shape index (κ2) is 15.1. The molecule has 1 fully saturated rings. The summed E-state index contributed by atoms with van der Waals surface area (Å²) in [5.41, 5.74) is 14.6. The number of benzene rings is 1. The number of aromatic nitrogens is 3. The number of carbonyl (C=O) groups is 1. The van der Waals surface area contributed by atoms with Gasteiger partial charge >= 0.3 is 0 Å². The highest BCUT2D eigenvalue weighted by Gasteiger charge is 2.27. The highest BCUT2D eigenvalue weighted by atomic mass is 35.5. The van der Waals surface area contributed by atoms with Crippen LogP contribution in [0.15, 0.2) is 18.2 Å². The number of aliphatic hydroxyl groups is 2. The SMILES string of the molecule is CCOCc1nc2c(N)nc3cc(CCCN4CCN(C(=O)CCCN)CC4)ccc3c2n1CC(C)(CO)CO.Cl. The quantitative estimate of drug-likeness (QED) is 0.220. The molecular weight excluding hydrogens is 546 g/mol. The average Bonchev–Trinajstić information content (AvgIpc) is 3.33. The normalized spacial score (nSPS) is 14.6. The molecule has 3 heterocycles. The van der Waals surface area contributed by atoms with E-state index in [4.69, 9.17) is 21.2 Å². The first-order valence-corrected chi connectivity index (χ1v) is 14.4. The number of aliphatic hydroxyl groups excluding tert-OH is 2. The van der Waals surface area contributed by atoms with Crippen molar-refractivity contribution in [2.45, 2.75) is 52.7 Å². The van der Waals surface area contributed by atoms with Gasteiger partial charge in [0.05, 0.1) is 24.2 Å². The Labute approximate surface area is 248 Å². The Hall–Kier alpha value is -2.54. The van der Waals surface area contributed by atoms with Gasteiger partial charge in [0, 0.05) is 56.6 Å². The number of nitrogen functional groups attached to an aromatic ring is 1. The molecule has 0 unspecified atom stereocenters. The summed E-state index contributed by atoms with van der Waals surface area (Å²) >= 11 is 0. The van der Waals surface area contributed by atoms with Gasteiger partial charge in [0.25, 0.3) is 0 Å². The molecular formula is C29H46ClN7O4. The van der Waals surface area contributed by atoms with E-state index in [0.717, 1.165) is 68.4 Å². The fourth-order valence-corrected chi connectivity index (χ4v) is 5.30. The van der Waals surface area contributed by atoms with Gasteiger partial charge in [-0.1, -0.05) is 19.1 Å². The largest absolute Gasteiger partial charge is 0.396 e. The first-order chi connectivity index (χ1) is 19.3. The van der Waals surface area contributed by atoms with Crippen molar-refractivity contribution in [3.05, 3.63) is 29.6 Å². The lowest BCUT2D eigenvalue weighted by atomic mass is 9.92. The predicted molar refractivity (Wildman–Crippen MR) is 164 cm³/mol. The molecule has 0 aliphatic carbocycles. The van der Waals surface area contributed by atoms with E-state index in [0.29, 0.717) is 49.9 Å². The number of amides is 1. The number of anilines is 1. The third-order valence-corrected chi connectivity index (χ3v) is 7.85. The molecule has 0 saturated carbocycles. The summed E-state index contributed by atoms with van der Waals surface area (Å²) in [6, 6.07) is 6.30. The zero-order valence-electron chi connectivity index (χ0n) is 24.3. The van der Waals surface area contributed by atoms with Crippen molar-refractivity contribution in [3.63, 3.8) is 0 Å². The van der Waals surface area contributed by atoms with Gasteiger partial charge in [-0.05, 0) is 50.9 Å². The predicted octanol–water partition coefficient (Wildman–Crippen LogP) is 1.93. The molecule has 1 aliphatic heterocycles. The van der Waals surface area contributed by atoms with Gasteiger partial charge in [0.15, 0.2) is 5.82 Å². The number of hydrogen-bond donors (Lipinski definition) is 4. The lowest BCUT2D eigenvalue weighted by Gasteiger charge is -2.34. The second-order valence-corrected chi connectivity index (χ2v) is 11.1. The van der Waals surface area contributed by atoms with Crippen LogP contribution in [-0.4, -0.2) is 99.5 Å². The van der Waals surface area contributed by atoms with Crippen LogP contribution in [0, 0.1) is 5.41 Å². The molecule has 228 valence electrons. The summed E-state index contributed by atoms with van der Waals surface area (Å²) in [7, 11) is 0. The summed E-state index contributed by atoms with van der Waals surface area (Å²) in [4.78, 5) is 26.1. The fraction of sp³-hybridized carbons (Fsp3) is 0.621. The number of nitrogens with zero attached hydrogens (tertiary/aromatic N) is 5. The number of piperazine rings is 1. The summed E-state index contributed by atoms with van der Waals surface area (Å²) in [5, 5.41) is 20.9. The van der Waals surface area contributed by atoms with Crippen molar-refractivity contribution in [1.82, 2.24) is 24.3 Å². The first-order valence-electron chi connectivity index (χ1n) is 14.4. The molecule has 0 radical (unpaired) electrons. The van der Waals surface area contributed by atoms with E-state index in [9.17, 15) is 15.0 Å². The van der Waals surface area contributed by atoms with E-state index in [-0.39, 0.29) is 31.5 Å². The van der Waals surface area contributed by atoms with E-state index < -0.39 is 5.41 Å². The number of pyridine rings is 1. The first kappa shape index (κ1) is 33.0. The van der Waals surface area contributed by atoms with Crippen molar-refractivity contribution in [3.8, 4) is 0 Å². The maximum atomic E-state index is 12.2. The lowest BCUT2D eigenvalue weighted by Crippen LogP contribution is -2.48. The third-order valence-electron chi connectivity index (χ3n) is 7.85. The molecule has 6 N–H and O–H groups in total. The number of rotatable bonds is 14. The monoisotopic (exact) mass is 591 g/mol. The van der Waals surface area contributed by atoms with Crippen LogP contribution in [0.3, 0.4) is 0 Å². The van der Waals surface area contributed by atoms with Crippen molar-refractivity contribution < 1.29 is 19.7 Å². The van der Waals surface area contributed by atoms with Crippen LogP contribution in [0.1, 0.15) is 44.5 Å². The molecule has 3 aromatic rings. The summed E-state index contributed by atoms with van der Waals surface area (Å²) in [6.07, 6.45) is 3.21. The Morgan fingerprint density at radius 3 is 2.51 bits per heavy atom. The number of aryl methyl sites for hydroxylation is 1. The van der Waals surface area contributed by atoms with E-state index in [1.807, 2.05) is 23.3 Å². The zero-order chi connectivity index (χ0) is 28.7. The van der Waals surface area contributed by atoms with E-state index >= 15 is 0 Å². The number of carbonyl (C=O) groups excluding carboxylic acids is 1. The molecule has 1 aliphatic rings. The van der Waals surface area contributed by atoms with Crippen LogP contribution in [0.5, 0.6) is 0 Å². The second-order valence-electron chi connectivity index (χ2n) is 11.1. The van der Waals surface area contributed by atoms with Crippen LogP contribution in [0.4, 0.5) is 5.82 Å². The number of nitrogens with two attached hydrogens (primary N) is 2. The Kier molecular flexibility index (Phi) is 12.1. The van der Waals surface area contributed by atoms with E-state index in [1.165, 1.54) is 5.56 Å². The minimum absolute atomic E-state index is 0. The minimum atomic E-state index is -0.734. The summed E-state index contributed by atoms with van der Waals surface area (Å²) < 4.78 is 7.68. The van der Waals surface area contributed by atoms with Crippen LogP contribution in [0.25, 0.3) is 21.9 Å². The molecule has 1 saturated heterocycles. The van der Waals surface area contributed by atoms with Gasteiger partial charge in [-0.15, -0.1) is 12.4 Å². The molecule has 11 nitrogen and oxygen atoms in total. The Morgan fingerprint density at radius 1 is 1.12 bits per heavy atom. The molecule has 1 aromatic carbocycles. The van der Waals surface area contributed by atoms with Crippen molar-refractivity contribution >= 4 is 46.1 Å². The maximum Gasteiger partial charge on any atom is 0.222 e. The third kappa shape index (κ3) is 7.85. The Morgan fingerprint density at radius 2 is 1.85 bits per heavy atom. The van der Waals surface area contributed by atoms with Crippen LogP contribution in [0.2, 0.25) is 0 Å². The molecule has 0 atom stereocenters. The standard InChI is InChI=1S/C29H45N7O4.ClH/c1-3-40-17-24-33-26-27(36(24)18-29(2,19-37)20-38)22-9-8-21(16-23(22)32-28(26)31)6-5-11-34-12-14-35(15-13-34)25(39)7-4-10-30;/h8-9,16,37-38H,3-7,10-15,17-20,30H2,1-2H3,(H2,31,32);1H. The van der Waals surface area contributed by atoms with Crippen molar-refractivity contribution in [1.29, 1.82) is 0 Å². The smallest absolute Gasteiger partial charge is 0.222 e. The van der Waals surface area contributed by atoms with Gasteiger partial charge in [-0.2, -0.15) is 0 Å². The average molecular weight is 592 g/mol. The highest BCUT2D eigenvalue weighted by molar-refractivity contribution is 6.06. The molecule has 0 spiro atoms. The lowest BCUT2D eigenvalue weighted by molar-refractivity contribution is -0.133. The van der Waals surface area contributed by atoms with Gasteiger partial charge in [0.1, 0.15) is 17.9 Å². The minimum Gasteiger partial charge on any atom is -0.396 e. The van der Waals surface area contributed by atoms with Crippen LogP contribution < -0.4 is 11.5 Å². The molecule has 12 heteroatoms. The van der Waals surface area contributed by atoms with Crippen LogP contribution >= 0.6 is 12.4 Å². The van der Waals surface area contributed by atoms with Gasteiger partial charge < -0.3 is 35.9 Å². The molecule has 0 bridgehead atoms. The number of fused-ring (bicyclic) bond motifs is 3.